The molecule has 92 valence electrons. The lowest BCUT2D eigenvalue weighted by Crippen LogP contribution is -2.38. The fourth-order valence-corrected chi connectivity index (χ4v) is 2.96. The number of allylic oxidation sites excluding steroid dienone is 2. The maximum Gasteiger partial charge on any atom is 0.0491 e. The Bertz CT molecular complexity index is 219. The van der Waals surface area contributed by atoms with Crippen LogP contribution in [0.1, 0.15) is 32.1 Å². The van der Waals surface area contributed by atoms with Crippen LogP contribution < -0.4 is 0 Å². The highest BCUT2D eigenvalue weighted by molar-refractivity contribution is 4.91. The number of likely N-dealkylation sites (tertiary alicyclic amines) is 1. The zero-order chi connectivity index (χ0) is 11.2. The highest BCUT2D eigenvalue weighted by Crippen LogP contribution is 2.23. The highest BCUT2D eigenvalue weighted by atomic mass is 16.5. The number of hydrogen-bond donors (Lipinski definition) is 0. The van der Waals surface area contributed by atoms with Gasteiger partial charge < -0.3 is 9.64 Å². The van der Waals surface area contributed by atoms with Crippen molar-refractivity contribution in [2.45, 2.75) is 32.1 Å². The van der Waals surface area contributed by atoms with Crippen LogP contribution in [-0.4, -0.2) is 38.3 Å². The van der Waals surface area contributed by atoms with Gasteiger partial charge in [0.2, 0.25) is 0 Å². The van der Waals surface area contributed by atoms with E-state index in [2.05, 4.69) is 17.1 Å². The molecule has 1 aliphatic heterocycles. The van der Waals surface area contributed by atoms with E-state index in [0.717, 1.165) is 18.4 Å². The fraction of sp³-hybridized carbons (Fsp3) is 0.857. The summed E-state index contributed by atoms with van der Waals surface area (Å²) < 4.78 is 5.24. The summed E-state index contributed by atoms with van der Waals surface area (Å²) >= 11 is 0. The van der Waals surface area contributed by atoms with Crippen LogP contribution in [0.25, 0.3) is 0 Å². The first-order valence-corrected chi connectivity index (χ1v) is 6.74. The van der Waals surface area contributed by atoms with Crippen molar-refractivity contribution in [1.29, 1.82) is 0 Å². The summed E-state index contributed by atoms with van der Waals surface area (Å²) in [5.74, 6) is 1.73. The van der Waals surface area contributed by atoms with E-state index in [1.807, 2.05) is 7.11 Å². The molecule has 0 saturated carbocycles. The summed E-state index contributed by atoms with van der Waals surface area (Å²) in [5.41, 5.74) is 0. The quantitative estimate of drug-likeness (QED) is 0.679. The van der Waals surface area contributed by atoms with E-state index in [9.17, 15) is 0 Å². The van der Waals surface area contributed by atoms with Crippen LogP contribution in [0.3, 0.4) is 0 Å². The standard InChI is InChI=1S/C14H25NO/c1-16-12-14-7-9-15(10-8-14)11-13-5-3-2-4-6-13/h2-3,13-14H,4-12H2,1H3. The lowest BCUT2D eigenvalue weighted by molar-refractivity contribution is 0.0916. The third-order valence-electron chi connectivity index (χ3n) is 4.00. The van der Waals surface area contributed by atoms with E-state index in [1.165, 1.54) is 51.7 Å². The fourth-order valence-electron chi connectivity index (χ4n) is 2.96. The summed E-state index contributed by atoms with van der Waals surface area (Å²) in [7, 11) is 1.82. The van der Waals surface area contributed by atoms with Crippen LogP contribution in [0.4, 0.5) is 0 Å². The van der Waals surface area contributed by atoms with Crippen LogP contribution in [-0.2, 0) is 4.74 Å². The molecule has 2 nitrogen and oxygen atoms in total. The first-order chi connectivity index (χ1) is 7.88. The van der Waals surface area contributed by atoms with Crippen molar-refractivity contribution < 1.29 is 4.74 Å². The van der Waals surface area contributed by atoms with Crippen LogP contribution in [0.2, 0.25) is 0 Å². The minimum atomic E-state index is 0.813. The predicted octanol–water partition coefficient (Wildman–Crippen LogP) is 2.70. The average Bonchev–Trinajstić information content (AvgIpc) is 2.33. The van der Waals surface area contributed by atoms with Crippen LogP contribution in [0.15, 0.2) is 12.2 Å². The Kier molecular flexibility index (Phi) is 4.86. The molecule has 2 heteroatoms. The molecule has 1 fully saturated rings. The van der Waals surface area contributed by atoms with Gasteiger partial charge >= 0.3 is 0 Å². The molecule has 0 aromatic carbocycles. The van der Waals surface area contributed by atoms with E-state index in [1.54, 1.807) is 0 Å². The van der Waals surface area contributed by atoms with Gasteiger partial charge in [-0.3, -0.25) is 0 Å². The van der Waals surface area contributed by atoms with Gasteiger partial charge in [0, 0.05) is 20.3 Å². The molecule has 0 amide bonds. The van der Waals surface area contributed by atoms with E-state index >= 15 is 0 Å². The second kappa shape index (κ2) is 6.41. The third-order valence-corrected chi connectivity index (χ3v) is 4.00. The molecule has 16 heavy (non-hydrogen) atoms. The highest BCUT2D eigenvalue weighted by Gasteiger charge is 2.21. The molecule has 1 heterocycles. The molecule has 1 unspecified atom stereocenters. The SMILES string of the molecule is COCC1CCN(CC2CC=CCC2)CC1. The Labute approximate surface area is 99.7 Å². The molecular weight excluding hydrogens is 198 g/mol. The molecular formula is C14H25NO. The Hall–Kier alpha value is -0.340. The molecule has 1 atom stereocenters. The number of methoxy groups -OCH3 is 1. The number of nitrogens with zero attached hydrogens (tertiary/aromatic N) is 1. The summed E-state index contributed by atoms with van der Waals surface area (Å²) in [6.07, 6.45) is 11.4. The van der Waals surface area contributed by atoms with Crippen molar-refractivity contribution in [1.82, 2.24) is 4.90 Å². The Morgan fingerprint density at radius 1 is 1.12 bits per heavy atom. The summed E-state index contributed by atoms with van der Waals surface area (Å²) in [6.45, 7) is 4.85. The largest absolute Gasteiger partial charge is 0.384 e. The first kappa shape index (κ1) is 12.1. The van der Waals surface area contributed by atoms with Gasteiger partial charge in [-0.25, -0.2) is 0 Å². The zero-order valence-electron chi connectivity index (χ0n) is 10.5. The van der Waals surface area contributed by atoms with Crippen molar-refractivity contribution in [3.63, 3.8) is 0 Å². The minimum absolute atomic E-state index is 0.813. The van der Waals surface area contributed by atoms with Crippen molar-refractivity contribution in [2.24, 2.45) is 11.8 Å². The molecule has 1 aliphatic carbocycles. The van der Waals surface area contributed by atoms with Crippen molar-refractivity contribution in [3.8, 4) is 0 Å². The lowest BCUT2D eigenvalue weighted by Gasteiger charge is -2.34. The topological polar surface area (TPSA) is 12.5 Å². The number of rotatable bonds is 4. The zero-order valence-corrected chi connectivity index (χ0v) is 10.5. The first-order valence-electron chi connectivity index (χ1n) is 6.74. The second-order valence-corrected chi connectivity index (χ2v) is 5.35. The molecule has 2 rings (SSSR count). The molecule has 0 N–H and O–H groups in total. The van der Waals surface area contributed by atoms with Gasteiger partial charge in [0.05, 0.1) is 0 Å². The summed E-state index contributed by atoms with van der Waals surface area (Å²) in [5, 5.41) is 0. The maximum absolute atomic E-state index is 5.24. The van der Waals surface area contributed by atoms with Gasteiger partial charge in [0.15, 0.2) is 0 Å². The lowest BCUT2D eigenvalue weighted by atomic mass is 9.92. The van der Waals surface area contributed by atoms with E-state index < -0.39 is 0 Å². The van der Waals surface area contributed by atoms with Crippen molar-refractivity contribution >= 4 is 0 Å². The van der Waals surface area contributed by atoms with Crippen molar-refractivity contribution in [2.75, 3.05) is 33.4 Å². The smallest absolute Gasteiger partial charge is 0.0491 e. The Balaban J connectivity index is 1.66. The molecule has 0 aromatic rings. The molecule has 0 radical (unpaired) electrons. The number of piperidine rings is 1. The van der Waals surface area contributed by atoms with Crippen molar-refractivity contribution in [3.05, 3.63) is 12.2 Å². The van der Waals surface area contributed by atoms with Crippen LogP contribution in [0.5, 0.6) is 0 Å². The monoisotopic (exact) mass is 223 g/mol. The van der Waals surface area contributed by atoms with Gasteiger partial charge in [0.25, 0.3) is 0 Å². The van der Waals surface area contributed by atoms with Gasteiger partial charge in [-0.15, -0.1) is 0 Å². The molecule has 0 spiro atoms. The van der Waals surface area contributed by atoms with Gasteiger partial charge in [-0.05, 0) is 57.0 Å². The van der Waals surface area contributed by atoms with Gasteiger partial charge in [0.1, 0.15) is 0 Å². The third kappa shape index (κ3) is 3.60. The number of hydrogen-bond acceptors (Lipinski definition) is 2. The minimum Gasteiger partial charge on any atom is -0.384 e. The van der Waals surface area contributed by atoms with Crippen LogP contribution >= 0.6 is 0 Å². The number of ether oxygens (including phenoxy) is 1. The maximum atomic E-state index is 5.24. The average molecular weight is 223 g/mol. The van der Waals surface area contributed by atoms with E-state index in [0.29, 0.717) is 0 Å². The molecule has 2 aliphatic rings. The predicted molar refractivity (Wildman–Crippen MR) is 67.5 cm³/mol. The Morgan fingerprint density at radius 3 is 2.56 bits per heavy atom. The summed E-state index contributed by atoms with van der Waals surface area (Å²) in [6, 6.07) is 0. The van der Waals surface area contributed by atoms with E-state index in [4.69, 9.17) is 4.74 Å². The second-order valence-electron chi connectivity index (χ2n) is 5.35. The summed E-state index contributed by atoms with van der Waals surface area (Å²) in [4.78, 5) is 2.66. The molecule has 0 aromatic heterocycles. The van der Waals surface area contributed by atoms with Gasteiger partial charge in [-0.2, -0.15) is 0 Å². The normalized spacial score (nSPS) is 28.4. The van der Waals surface area contributed by atoms with Gasteiger partial charge in [-0.1, -0.05) is 12.2 Å². The molecule has 0 bridgehead atoms. The molecule has 1 saturated heterocycles. The van der Waals surface area contributed by atoms with E-state index in [-0.39, 0.29) is 0 Å². The Morgan fingerprint density at radius 2 is 1.94 bits per heavy atom. The van der Waals surface area contributed by atoms with Crippen LogP contribution in [0, 0.1) is 11.8 Å².